The molecule has 5 heteroatoms. The number of nitrogens with zero attached hydrogens (tertiary/aromatic N) is 1. The van der Waals surface area contributed by atoms with Gasteiger partial charge in [-0.3, -0.25) is 0 Å². The molecule has 0 saturated heterocycles. The number of halogens is 3. The summed E-state index contributed by atoms with van der Waals surface area (Å²) in [6.07, 6.45) is -2.47. The fourth-order valence-electron chi connectivity index (χ4n) is 1.05. The molecule has 68 valence electrons. The van der Waals surface area contributed by atoms with Crippen LogP contribution in [0.2, 0.25) is 0 Å². The molecule has 2 rings (SSSR count). The maximum atomic E-state index is 12.2. The van der Waals surface area contributed by atoms with Crippen molar-refractivity contribution < 1.29 is 13.2 Å². The van der Waals surface area contributed by atoms with Crippen molar-refractivity contribution in [1.82, 2.24) is 4.98 Å². The SMILES string of the molecule is FC(F)c1ccc2nc(I)oc2c1. The average Bonchev–Trinajstić information content (AvgIpc) is 2.42. The molecule has 0 fully saturated rings. The number of fused-ring (bicyclic) bond motifs is 1. The molecule has 0 N–H and O–H groups in total. The predicted molar refractivity (Wildman–Crippen MR) is 51.7 cm³/mol. The number of aromatic nitrogens is 1. The Balaban J connectivity index is 2.61. The van der Waals surface area contributed by atoms with Crippen molar-refractivity contribution in [2.75, 3.05) is 0 Å². The minimum Gasteiger partial charge on any atom is -0.432 e. The molecule has 0 aliphatic rings. The van der Waals surface area contributed by atoms with Gasteiger partial charge in [-0.1, -0.05) is 6.07 Å². The molecule has 1 aromatic heterocycles. The minimum atomic E-state index is -2.47. The number of rotatable bonds is 1. The van der Waals surface area contributed by atoms with Crippen molar-refractivity contribution in [1.29, 1.82) is 0 Å². The van der Waals surface area contributed by atoms with E-state index in [4.69, 9.17) is 4.42 Å². The van der Waals surface area contributed by atoms with Gasteiger partial charge in [0, 0.05) is 28.2 Å². The zero-order valence-corrected chi connectivity index (χ0v) is 8.46. The second-order valence-electron chi connectivity index (χ2n) is 2.49. The van der Waals surface area contributed by atoms with Gasteiger partial charge in [-0.15, -0.1) is 0 Å². The Morgan fingerprint density at radius 3 is 2.85 bits per heavy atom. The predicted octanol–water partition coefficient (Wildman–Crippen LogP) is 3.37. The summed E-state index contributed by atoms with van der Waals surface area (Å²) in [4.78, 5) is 3.99. The van der Waals surface area contributed by atoms with Gasteiger partial charge in [-0.2, -0.15) is 0 Å². The summed E-state index contributed by atoms with van der Waals surface area (Å²) in [5, 5.41) is 0. The van der Waals surface area contributed by atoms with E-state index in [1.165, 1.54) is 18.2 Å². The molecule has 1 heterocycles. The summed E-state index contributed by atoms with van der Waals surface area (Å²) >= 11 is 1.90. The van der Waals surface area contributed by atoms with Crippen LogP contribution in [0.3, 0.4) is 0 Å². The van der Waals surface area contributed by atoms with Gasteiger partial charge < -0.3 is 4.42 Å². The molecule has 0 aliphatic heterocycles. The van der Waals surface area contributed by atoms with E-state index in [0.29, 0.717) is 15.0 Å². The van der Waals surface area contributed by atoms with Crippen molar-refractivity contribution in [3.05, 3.63) is 27.7 Å². The van der Waals surface area contributed by atoms with Crippen LogP contribution in [0.5, 0.6) is 0 Å². The summed E-state index contributed by atoms with van der Waals surface area (Å²) in [6, 6.07) is 4.20. The lowest BCUT2D eigenvalue weighted by Gasteiger charge is -1.96. The number of oxazole rings is 1. The number of alkyl halides is 2. The average molecular weight is 295 g/mol. The monoisotopic (exact) mass is 295 g/mol. The third-order valence-corrected chi connectivity index (χ3v) is 2.10. The normalized spacial score (nSPS) is 11.4. The molecule has 0 aliphatic carbocycles. The zero-order chi connectivity index (χ0) is 9.42. The topological polar surface area (TPSA) is 26.0 Å². The molecule has 0 atom stereocenters. The lowest BCUT2D eigenvalue weighted by molar-refractivity contribution is 0.151. The van der Waals surface area contributed by atoms with Crippen molar-refractivity contribution in [2.24, 2.45) is 0 Å². The third-order valence-electron chi connectivity index (χ3n) is 1.64. The highest BCUT2D eigenvalue weighted by atomic mass is 127. The second kappa shape index (κ2) is 3.21. The van der Waals surface area contributed by atoms with Crippen molar-refractivity contribution in [3.8, 4) is 0 Å². The Morgan fingerprint density at radius 1 is 1.38 bits per heavy atom. The fourth-order valence-corrected chi connectivity index (χ4v) is 1.55. The van der Waals surface area contributed by atoms with Gasteiger partial charge in [0.25, 0.3) is 10.3 Å². The maximum Gasteiger partial charge on any atom is 0.263 e. The maximum absolute atomic E-state index is 12.2. The molecule has 2 aromatic rings. The van der Waals surface area contributed by atoms with Gasteiger partial charge in [-0.05, 0) is 12.1 Å². The molecule has 13 heavy (non-hydrogen) atoms. The molecule has 2 nitrogen and oxygen atoms in total. The van der Waals surface area contributed by atoms with E-state index in [-0.39, 0.29) is 5.56 Å². The van der Waals surface area contributed by atoms with Crippen LogP contribution in [-0.4, -0.2) is 4.98 Å². The number of hydrogen-bond donors (Lipinski definition) is 0. The standard InChI is InChI=1S/C8H4F2INO/c9-7(10)4-1-2-5-6(3-4)13-8(11)12-5/h1-3,7H. The van der Waals surface area contributed by atoms with Gasteiger partial charge in [0.05, 0.1) is 0 Å². The number of hydrogen-bond acceptors (Lipinski definition) is 2. The molecule has 0 radical (unpaired) electrons. The lowest BCUT2D eigenvalue weighted by Crippen LogP contribution is -1.81. The van der Waals surface area contributed by atoms with Crippen molar-refractivity contribution in [3.63, 3.8) is 0 Å². The Kier molecular flexibility index (Phi) is 2.19. The van der Waals surface area contributed by atoms with Crippen LogP contribution in [0.15, 0.2) is 22.6 Å². The summed E-state index contributed by atoms with van der Waals surface area (Å²) in [6.45, 7) is 0. The molecular weight excluding hydrogens is 291 g/mol. The fraction of sp³-hybridized carbons (Fsp3) is 0.125. The Labute approximate surface area is 86.1 Å². The molecule has 0 amide bonds. The summed E-state index contributed by atoms with van der Waals surface area (Å²) in [5.41, 5.74) is 0.969. The van der Waals surface area contributed by atoms with E-state index in [9.17, 15) is 8.78 Å². The minimum absolute atomic E-state index is 0.0416. The second-order valence-corrected chi connectivity index (χ2v) is 3.42. The summed E-state index contributed by atoms with van der Waals surface area (Å²) in [5.74, 6) is 0. The highest BCUT2D eigenvalue weighted by Crippen LogP contribution is 2.24. The first-order chi connectivity index (χ1) is 6.16. The van der Waals surface area contributed by atoms with E-state index in [1.54, 1.807) is 0 Å². The van der Waals surface area contributed by atoms with Crippen molar-refractivity contribution >= 4 is 33.7 Å². The molecule has 0 saturated carbocycles. The Morgan fingerprint density at radius 2 is 2.15 bits per heavy atom. The van der Waals surface area contributed by atoms with Crippen LogP contribution in [0.4, 0.5) is 8.78 Å². The van der Waals surface area contributed by atoms with E-state index in [2.05, 4.69) is 4.98 Å². The van der Waals surface area contributed by atoms with Crippen LogP contribution < -0.4 is 0 Å². The third kappa shape index (κ3) is 1.65. The van der Waals surface area contributed by atoms with Crippen LogP contribution in [0.1, 0.15) is 12.0 Å². The largest absolute Gasteiger partial charge is 0.432 e. The van der Waals surface area contributed by atoms with Crippen LogP contribution in [0.25, 0.3) is 11.1 Å². The Bertz CT molecular complexity index is 441. The van der Waals surface area contributed by atoms with Crippen LogP contribution in [-0.2, 0) is 0 Å². The lowest BCUT2D eigenvalue weighted by atomic mass is 10.2. The van der Waals surface area contributed by atoms with E-state index < -0.39 is 6.43 Å². The Hall–Kier alpha value is -0.720. The van der Waals surface area contributed by atoms with Gasteiger partial charge in [0.15, 0.2) is 5.58 Å². The summed E-state index contributed by atoms with van der Waals surface area (Å²) < 4.78 is 30.0. The van der Waals surface area contributed by atoms with Gasteiger partial charge in [0.1, 0.15) is 5.52 Å². The smallest absolute Gasteiger partial charge is 0.263 e. The van der Waals surface area contributed by atoms with Crippen LogP contribution >= 0.6 is 22.6 Å². The molecular formula is C8H4F2INO. The van der Waals surface area contributed by atoms with Crippen molar-refractivity contribution in [2.45, 2.75) is 6.43 Å². The highest BCUT2D eigenvalue weighted by molar-refractivity contribution is 14.1. The van der Waals surface area contributed by atoms with Gasteiger partial charge >= 0.3 is 0 Å². The van der Waals surface area contributed by atoms with Gasteiger partial charge in [-0.25, -0.2) is 13.8 Å². The summed E-state index contributed by atoms with van der Waals surface area (Å²) in [7, 11) is 0. The quantitative estimate of drug-likeness (QED) is 0.754. The van der Waals surface area contributed by atoms with E-state index in [1.807, 2.05) is 22.6 Å². The highest BCUT2D eigenvalue weighted by Gasteiger charge is 2.10. The van der Waals surface area contributed by atoms with Crippen LogP contribution in [0, 0.1) is 3.90 Å². The zero-order valence-electron chi connectivity index (χ0n) is 6.30. The molecule has 0 unspecified atom stereocenters. The van der Waals surface area contributed by atoms with Gasteiger partial charge in [0.2, 0.25) is 0 Å². The van der Waals surface area contributed by atoms with E-state index >= 15 is 0 Å². The molecule has 0 spiro atoms. The molecule has 1 aromatic carbocycles. The van der Waals surface area contributed by atoms with E-state index in [0.717, 1.165) is 0 Å². The first kappa shape index (κ1) is 8.86. The molecule has 0 bridgehead atoms. The first-order valence-corrected chi connectivity index (χ1v) is 4.59. The number of benzene rings is 1. The first-order valence-electron chi connectivity index (χ1n) is 3.51.